The van der Waals surface area contributed by atoms with Crippen LogP contribution >= 0.6 is 11.6 Å². The highest BCUT2D eigenvalue weighted by molar-refractivity contribution is 7.92. The molecule has 13 heteroatoms. The Morgan fingerprint density at radius 2 is 1.73 bits per heavy atom. The molecule has 2 saturated carbocycles. The topological polar surface area (TPSA) is 117 Å². The summed E-state index contributed by atoms with van der Waals surface area (Å²) in [5, 5.41) is 24.0. The van der Waals surface area contributed by atoms with Crippen LogP contribution < -0.4 is 5.32 Å². The highest BCUT2D eigenvalue weighted by Crippen LogP contribution is 2.57. The second kappa shape index (κ2) is 11.0. The minimum Gasteiger partial charge on any atom is -0.386 e. The van der Waals surface area contributed by atoms with Gasteiger partial charge in [-0.2, -0.15) is 0 Å². The molecule has 3 aromatic rings. The van der Waals surface area contributed by atoms with E-state index in [1.165, 1.54) is 24.4 Å². The maximum absolute atomic E-state index is 13.8. The minimum absolute atomic E-state index is 0.0436. The first kappa shape index (κ1) is 29.4. The summed E-state index contributed by atoms with van der Waals surface area (Å²) >= 11 is 6.25. The van der Waals surface area contributed by atoms with E-state index in [2.05, 4.69) is 10.3 Å². The van der Waals surface area contributed by atoms with Crippen molar-refractivity contribution < 1.29 is 41.0 Å². The van der Waals surface area contributed by atoms with Crippen molar-refractivity contribution in [3.8, 4) is 0 Å². The van der Waals surface area contributed by atoms with E-state index in [0.717, 1.165) is 30.3 Å². The smallest absolute Gasteiger partial charge is 0.265 e. The quantitative estimate of drug-likeness (QED) is 0.298. The van der Waals surface area contributed by atoms with Gasteiger partial charge < -0.3 is 15.5 Å². The molecule has 2 fully saturated rings. The fraction of sp³-hybridized carbons (Fsp3) is 0.357. The molecule has 2 bridgehead atoms. The highest BCUT2D eigenvalue weighted by atomic mass is 35.5. The standard InChI is InChI=1S/C28H25ClF4N2O5S/c29-20-7-3-14(27(37)35-17-6-8-21(30)22(31)13-17)10-23(20)41(39,40)18-11-15-4-5-16(12-18)28(15,38)25(36)24-19(26(32)33)2-1-9-34-24/h1-3,6-10,13,15-16,18,25-26,36,38H,4-5,11-12H2,(H,35,37)/t15-,16+,18?,25?,28?. The number of nitrogens with zero attached hydrogens (tertiary/aromatic N) is 1. The van der Waals surface area contributed by atoms with E-state index in [9.17, 15) is 41.0 Å². The summed E-state index contributed by atoms with van der Waals surface area (Å²) in [6.07, 6.45) is -2.86. The summed E-state index contributed by atoms with van der Waals surface area (Å²) in [7, 11) is -4.17. The Bertz CT molecular complexity index is 1590. The molecule has 2 aliphatic rings. The average Bonchev–Trinajstić information content (AvgIpc) is 3.10. The van der Waals surface area contributed by atoms with Gasteiger partial charge in [-0.3, -0.25) is 9.78 Å². The zero-order valence-corrected chi connectivity index (χ0v) is 22.8. The number of halogens is 5. The molecule has 218 valence electrons. The van der Waals surface area contributed by atoms with Crippen LogP contribution in [0.15, 0.2) is 59.6 Å². The lowest BCUT2D eigenvalue weighted by Gasteiger charge is -2.45. The second-order valence-electron chi connectivity index (χ2n) is 10.4. The number of fused-ring (bicyclic) bond motifs is 2. The molecular weight excluding hydrogens is 588 g/mol. The molecule has 1 aromatic heterocycles. The Kier molecular flexibility index (Phi) is 7.88. The predicted molar refractivity (Wildman–Crippen MR) is 141 cm³/mol. The van der Waals surface area contributed by atoms with E-state index in [4.69, 9.17) is 11.6 Å². The van der Waals surface area contributed by atoms with Crippen molar-refractivity contribution in [2.45, 2.75) is 54.0 Å². The Morgan fingerprint density at radius 3 is 2.37 bits per heavy atom. The molecule has 1 heterocycles. The van der Waals surface area contributed by atoms with Crippen LogP contribution in [0.25, 0.3) is 0 Å². The van der Waals surface area contributed by atoms with E-state index in [1.54, 1.807) is 0 Å². The largest absolute Gasteiger partial charge is 0.386 e. The molecule has 0 spiro atoms. The number of pyridine rings is 1. The van der Waals surface area contributed by atoms with Crippen molar-refractivity contribution >= 4 is 33.0 Å². The van der Waals surface area contributed by atoms with Crippen molar-refractivity contribution in [3.05, 3.63) is 88.2 Å². The number of benzene rings is 2. The molecule has 2 aliphatic carbocycles. The van der Waals surface area contributed by atoms with Gasteiger partial charge in [-0.15, -0.1) is 0 Å². The molecule has 3 unspecified atom stereocenters. The first-order valence-corrected chi connectivity index (χ1v) is 14.7. The number of carbonyl (C=O) groups is 1. The van der Waals surface area contributed by atoms with Crippen LogP contribution in [0.4, 0.5) is 23.2 Å². The van der Waals surface area contributed by atoms with E-state index in [0.29, 0.717) is 12.8 Å². The van der Waals surface area contributed by atoms with Crippen LogP contribution in [0.2, 0.25) is 5.02 Å². The number of carbonyl (C=O) groups excluding carboxylic acids is 1. The maximum atomic E-state index is 13.8. The van der Waals surface area contributed by atoms with E-state index in [-0.39, 0.29) is 39.7 Å². The third kappa shape index (κ3) is 5.22. The SMILES string of the molecule is O=C(Nc1ccc(F)c(F)c1)c1ccc(Cl)c(S(=O)(=O)C2C[C@H]3CC[C@@H](C2)C3(O)C(O)c2ncccc2C(F)F)c1. The van der Waals surface area contributed by atoms with Gasteiger partial charge in [0.1, 0.15) is 11.7 Å². The van der Waals surface area contributed by atoms with Crippen LogP contribution in [0.5, 0.6) is 0 Å². The number of hydrogen-bond acceptors (Lipinski definition) is 6. The summed E-state index contributed by atoms with van der Waals surface area (Å²) in [6, 6.07) is 8.79. The first-order chi connectivity index (χ1) is 19.3. The van der Waals surface area contributed by atoms with Gasteiger partial charge in [0, 0.05) is 29.1 Å². The molecule has 5 rings (SSSR count). The summed E-state index contributed by atoms with van der Waals surface area (Å²) in [6.45, 7) is 0. The van der Waals surface area contributed by atoms with Gasteiger partial charge in [0.25, 0.3) is 12.3 Å². The number of aliphatic hydroxyl groups excluding tert-OH is 1. The molecule has 0 radical (unpaired) electrons. The number of aromatic nitrogens is 1. The zero-order chi connectivity index (χ0) is 29.7. The summed E-state index contributed by atoms with van der Waals surface area (Å²) in [5.41, 5.74) is -2.85. The number of sulfone groups is 1. The highest BCUT2D eigenvalue weighted by Gasteiger charge is 2.60. The third-order valence-electron chi connectivity index (χ3n) is 8.19. The van der Waals surface area contributed by atoms with Crippen molar-refractivity contribution in [3.63, 3.8) is 0 Å². The Morgan fingerprint density at radius 1 is 1.05 bits per heavy atom. The molecule has 2 aromatic carbocycles. The van der Waals surface area contributed by atoms with Gasteiger partial charge in [-0.05, 0) is 80.0 Å². The third-order valence-corrected chi connectivity index (χ3v) is 10.8. The van der Waals surface area contributed by atoms with E-state index < -0.39 is 68.2 Å². The number of anilines is 1. The molecular formula is C28H25ClF4N2O5S. The summed E-state index contributed by atoms with van der Waals surface area (Å²) in [4.78, 5) is 16.4. The summed E-state index contributed by atoms with van der Waals surface area (Å²) in [5.74, 6) is -4.52. The Hall–Kier alpha value is -3.06. The number of alkyl halides is 2. The fourth-order valence-corrected chi connectivity index (χ4v) is 8.53. The average molecular weight is 613 g/mol. The molecule has 3 N–H and O–H groups in total. The van der Waals surface area contributed by atoms with Crippen molar-refractivity contribution in [1.82, 2.24) is 4.98 Å². The van der Waals surface area contributed by atoms with Crippen molar-refractivity contribution in [1.29, 1.82) is 0 Å². The second-order valence-corrected chi connectivity index (χ2v) is 13.0. The van der Waals surface area contributed by atoms with Gasteiger partial charge in [-0.25, -0.2) is 26.0 Å². The number of hydrogen-bond donors (Lipinski definition) is 3. The predicted octanol–water partition coefficient (Wildman–Crippen LogP) is 5.63. The van der Waals surface area contributed by atoms with Gasteiger partial charge in [0.15, 0.2) is 21.5 Å². The van der Waals surface area contributed by atoms with Crippen LogP contribution in [0.3, 0.4) is 0 Å². The lowest BCUT2D eigenvalue weighted by molar-refractivity contribution is -0.146. The normalized spacial score (nSPS) is 24.8. The molecule has 0 saturated heterocycles. The number of aliphatic hydroxyl groups is 2. The fourth-order valence-electron chi connectivity index (χ4n) is 6.12. The number of amides is 1. The zero-order valence-electron chi connectivity index (χ0n) is 21.3. The molecule has 1 amide bonds. The Balaban J connectivity index is 1.40. The molecule has 0 aliphatic heterocycles. The Labute approximate surface area is 238 Å². The van der Waals surface area contributed by atoms with Gasteiger partial charge in [0.05, 0.1) is 20.9 Å². The van der Waals surface area contributed by atoms with Crippen LogP contribution in [-0.2, 0) is 9.84 Å². The van der Waals surface area contributed by atoms with Crippen molar-refractivity contribution in [2.75, 3.05) is 5.32 Å². The molecule has 7 nitrogen and oxygen atoms in total. The molecule has 5 atom stereocenters. The first-order valence-electron chi connectivity index (χ1n) is 12.8. The maximum Gasteiger partial charge on any atom is 0.265 e. The van der Waals surface area contributed by atoms with Gasteiger partial charge in [-0.1, -0.05) is 11.6 Å². The van der Waals surface area contributed by atoms with Crippen LogP contribution in [0, 0.1) is 23.5 Å². The van der Waals surface area contributed by atoms with Crippen LogP contribution in [-0.4, -0.2) is 40.4 Å². The van der Waals surface area contributed by atoms with Gasteiger partial charge in [0.2, 0.25) is 0 Å². The number of rotatable bonds is 7. The lowest BCUT2D eigenvalue weighted by atomic mass is 9.70. The monoisotopic (exact) mass is 612 g/mol. The molecule has 41 heavy (non-hydrogen) atoms. The van der Waals surface area contributed by atoms with Crippen molar-refractivity contribution in [2.24, 2.45) is 11.8 Å². The number of nitrogens with one attached hydrogen (secondary N) is 1. The lowest BCUT2D eigenvalue weighted by Crippen LogP contribution is -2.52. The van der Waals surface area contributed by atoms with Gasteiger partial charge >= 0.3 is 0 Å². The van der Waals surface area contributed by atoms with E-state index >= 15 is 0 Å². The van der Waals surface area contributed by atoms with Crippen LogP contribution in [0.1, 0.15) is 59.8 Å². The van der Waals surface area contributed by atoms with E-state index in [1.807, 2.05) is 0 Å². The minimum atomic E-state index is -4.17. The summed E-state index contributed by atoms with van der Waals surface area (Å²) < 4.78 is 81.5.